The van der Waals surface area contributed by atoms with Crippen LogP contribution in [-0.4, -0.2) is 0 Å². The van der Waals surface area contributed by atoms with E-state index in [1.165, 1.54) is 0 Å². The van der Waals surface area contributed by atoms with Gasteiger partial charge in [-0.3, -0.25) is 0 Å². The van der Waals surface area contributed by atoms with Crippen LogP contribution in [0.15, 0.2) is 11.8 Å². The highest BCUT2D eigenvalue weighted by Crippen LogP contribution is 2.01. The molecule has 0 bridgehead atoms. The third kappa shape index (κ3) is 5.41. The van der Waals surface area contributed by atoms with Crippen LogP contribution >= 0.6 is 0 Å². The fourth-order valence-electron chi connectivity index (χ4n) is 0.376. The SMILES string of the molecule is C/C=C(/C)O[CH]CCC. The Labute approximate surface area is 57.7 Å². The van der Waals surface area contributed by atoms with E-state index in [9.17, 15) is 0 Å². The molecule has 53 valence electrons. The zero-order chi connectivity index (χ0) is 7.11. The molecular weight excluding hydrogens is 112 g/mol. The van der Waals surface area contributed by atoms with E-state index in [0.29, 0.717) is 0 Å². The molecular formula is C8H15O. The van der Waals surface area contributed by atoms with Gasteiger partial charge in [0, 0.05) is 0 Å². The van der Waals surface area contributed by atoms with E-state index < -0.39 is 0 Å². The summed E-state index contributed by atoms with van der Waals surface area (Å²) in [4.78, 5) is 0. The molecule has 0 aromatic carbocycles. The summed E-state index contributed by atoms with van der Waals surface area (Å²) in [7, 11) is 0. The van der Waals surface area contributed by atoms with E-state index in [1.807, 2.05) is 26.5 Å². The average molecular weight is 127 g/mol. The molecule has 0 aromatic rings. The van der Waals surface area contributed by atoms with Crippen molar-refractivity contribution in [1.29, 1.82) is 0 Å². The zero-order valence-electron chi connectivity index (χ0n) is 6.48. The Bertz CT molecular complexity index is 84.6. The number of unbranched alkanes of at least 4 members (excludes halogenated alkanes) is 1. The fourth-order valence-corrected chi connectivity index (χ4v) is 0.376. The molecule has 0 heterocycles. The molecule has 0 unspecified atom stereocenters. The quantitative estimate of drug-likeness (QED) is 0.417. The summed E-state index contributed by atoms with van der Waals surface area (Å²) >= 11 is 0. The Balaban J connectivity index is 3.07. The van der Waals surface area contributed by atoms with Gasteiger partial charge in [0.2, 0.25) is 0 Å². The van der Waals surface area contributed by atoms with Crippen LogP contribution in [0.1, 0.15) is 33.6 Å². The average Bonchev–Trinajstić information content (AvgIpc) is 1.89. The van der Waals surface area contributed by atoms with Gasteiger partial charge >= 0.3 is 0 Å². The van der Waals surface area contributed by atoms with Gasteiger partial charge in [0.1, 0.15) is 6.61 Å². The van der Waals surface area contributed by atoms with E-state index in [4.69, 9.17) is 4.74 Å². The Morgan fingerprint density at radius 1 is 1.56 bits per heavy atom. The van der Waals surface area contributed by atoms with Crippen LogP contribution < -0.4 is 0 Å². The largest absolute Gasteiger partial charge is 0.492 e. The van der Waals surface area contributed by atoms with Gasteiger partial charge in [0.25, 0.3) is 0 Å². The second-order valence-corrected chi connectivity index (χ2v) is 1.97. The molecule has 0 aliphatic carbocycles. The van der Waals surface area contributed by atoms with Crippen molar-refractivity contribution >= 4 is 0 Å². The Hall–Kier alpha value is -0.460. The van der Waals surface area contributed by atoms with E-state index in [2.05, 4.69) is 6.92 Å². The van der Waals surface area contributed by atoms with Crippen LogP contribution in [0.2, 0.25) is 0 Å². The first-order valence-electron chi connectivity index (χ1n) is 3.42. The maximum atomic E-state index is 5.17. The van der Waals surface area contributed by atoms with Gasteiger partial charge in [0.15, 0.2) is 0 Å². The second kappa shape index (κ2) is 5.67. The minimum atomic E-state index is 0.975. The van der Waals surface area contributed by atoms with E-state index in [0.717, 1.165) is 18.6 Å². The van der Waals surface area contributed by atoms with Crippen molar-refractivity contribution in [3.8, 4) is 0 Å². The van der Waals surface area contributed by atoms with Crippen LogP contribution in [0.3, 0.4) is 0 Å². The van der Waals surface area contributed by atoms with E-state index in [1.54, 1.807) is 0 Å². The van der Waals surface area contributed by atoms with Crippen molar-refractivity contribution in [2.24, 2.45) is 0 Å². The summed E-state index contributed by atoms with van der Waals surface area (Å²) in [6.07, 6.45) is 4.13. The van der Waals surface area contributed by atoms with Crippen LogP contribution in [0, 0.1) is 6.61 Å². The highest BCUT2D eigenvalue weighted by molar-refractivity contribution is 4.85. The molecule has 1 nitrogen and oxygen atoms in total. The van der Waals surface area contributed by atoms with Crippen molar-refractivity contribution in [3.63, 3.8) is 0 Å². The number of allylic oxidation sites excluding steroid dienone is 2. The van der Waals surface area contributed by atoms with Crippen LogP contribution in [0.25, 0.3) is 0 Å². The molecule has 1 radical (unpaired) electrons. The maximum absolute atomic E-state index is 5.17. The smallest absolute Gasteiger partial charge is 0.135 e. The van der Waals surface area contributed by atoms with Crippen molar-refractivity contribution in [2.45, 2.75) is 33.6 Å². The number of rotatable bonds is 4. The second-order valence-electron chi connectivity index (χ2n) is 1.97. The predicted octanol–water partition coefficient (Wildman–Crippen LogP) is 2.89. The Morgan fingerprint density at radius 2 is 2.22 bits per heavy atom. The van der Waals surface area contributed by atoms with E-state index >= 15 is 0 Å². The molecule has 0 N–H and O–H groups in total. The molecule has 9 heavy (non-hydrogen) atoms. The molecule has 0 saturated heterocycles. The van der Waals surface area contributed by atoms with Gasteiger partial charge in [0.05, 0.1) is 5.76 Å². The standard InChI is InChI=1S/C8H15O/c1-4-6-7-9-8(3)5-2/h5,7H,4,6H2,1-3H3/b8-5-. The number of ether oxygens (including phenoxy) is 1. The minimum absolute atomic E-state index is 0.975. The molecule has 0 rings (SSSR count). The normalized spacial score (nSPS) is 11.7. The third-order valence-electron chi connectivity index (χ3n) is 1.08. The molecule has 0 amide bonds. The third-order valence-corrected chi connectivity index (χ3v) is 1.08. The van der Waals surface area contributed by atoms with Crippen molar-refractivity contribution < 1.29 is 4.74 Å². The maximum Gasteiger partial charge on any atom is 0.135 e. The summed E-state index contributed by atoms with van der Waals surface area (Å²) in [6.45, 7) is 7.89. The first-order valence-corrected chi connectivity index (χ1v) is 3.42. The van der Waals surface area contributed by atoms with Gasteiger partial charge in [-0.05, 0) is 26.3 Å². The van der Waals surface area contributed by atoms with Gasteiger partial charge in [-0.15, -0.1) is 0 Å². The molecule has 0 saturated carbocycles. The van der Waals surface area contributed by atoms with Gasteiger partial charge < -0.3 is 4.74 Å². The molecule has 0 fully saturated rings. The first-order chi connectivity index (χ1) is 4.31. The van der Waals surface area contributed by atoms with Gasteiger partial charge in [-0.1, -0.05) is 13.3 Å². The van der Waals surface area contributed by atoms with Crippen molar-refractivity contribution in [3.05, 3.63) is 18.4 Å². The van der Waals surface area contributed by atoms with Gasteiger partial charge in [-0.25, -0.2) is 0 Å². The highest BCUT2D eigenvalue weighted by atomic mass is 16.5. The Morgan fingerprint density at radius 3 is 2.67 bits per heavy atom. The lowest BCUT2D eigenvalue weighted by Gasteiger charge is -2.01. The van der Waals surface area contributed by atoms with Crippen molar-refractivity contribution in [1.82, 2.24) is 0 Å². The topological polar surface area (TPSA) is 9.23 Å². The lowest BCUT2D eigenvalue weighted by molar-refractivity contribution is 0.279. The van der Waals surface area contributed by atoms with Crippen LogP contribution in [0.5, 0.6) is 0 Å². The molecule has 0 aromatic heterocycles. The highest BCUT2D eigenvalue weighted by Gasteiger charge is 1.86. The fraction of sp³-hybridized carbons (Fsp3) is 0.625. The molecule has 0 aliphatic heterocycles. The Kier molecular flexibility index (Phi) is 5.38. The molecule has 0 aliphatic rings. The summed E-state index contributed by atoms with van der Waals surface area (Å²) in [6, 6.07) is 0. The van der Waals surface area contributed by atoms with Gasteiger partial charge in [-0.2, -0.15) is 0 Å². The monoisotopic (exact) mass is 127 g/mol. The van der Waals surface area contributed by atoms with Crippen molar-refractivity contribution in [2.75, 3.05) is 0 Å². The summed E-state index contributed by atoms with van der Waals surface area (Å²) in [5.74, 6) is 0.975. The minimum Gasteiger partial charge on any atom is -0.492 e. The first kappa shape index (κ1) is 8.54. The molecule has 0 atom stereocenters. The summed E-state index contributed by atoms with van der Waals surface area (Å²) in [5.41, 5.74) is 0. The number of hydrogen-bond acceptors (Lipinski definition) is 1. The summed E-state index contributed by atoms with van der Waals surface area (Å²) < 4.78 is 5.17. The van der Waals surface area contributed by atoms with E-state index in [-0.39, 0.29) is 0 Å². The predicted molar refractivity (Wildman–Crippen MR) is 39.7 cm³/mol. The lowest BCUT2D eigenvalue weighted by atomic mass is 10.4. The van der Waals surface area contributed by atoms with Crippen LogP contribution in [0.4, 0.5) is 0 Å². The lowest BCUT2D eigenvalue weighted by Crippen LogP contribution is -1.83. The molecule has 0 spiro atoms. The van der Waals surface area contributed by atoms with Crippen LogP contribution in [-0.2, 0) is 4.74 Å². The zero-order valence-corrected chi connectivity index (χ0v) is 6.48. The number of hydrogen-bond donors (Lipinski definition) is 0. The summed E-state index contributed by atoms with van der Waals surface area (Å²) in [5, 5.41) is 0. The molecule has 1 heteroatoms.